The smallest absolute Gasteiger partial charge is 0.0323 e. The first-order chi connectivity index (χ1) is 5.20. The number of aromatic nitrogens is 1. The van der Waals surface area contributed by atoms with Gasteiger partial charge in [0.05, 0.1) is 0 Å². The van der Waals surface area contributed by atoms with Crippen LogP contribution < -0.4 is 0 Å². The van der Waals surface area contributed by atoms with Gasteiger partial charge in [-0.25, -0.2) is 0 Å². The lowest BCUT2D eigenvalue weighted by Gasteiger charge is -2.09. The molecule has 1 heterocycles. The molecule has 0 amide bonds. The van der Waals surface area contributed by atoms with E-state index in [1.54, 1.807) is 0 Å². The fraction of sp³-hybridized carbons (Fsp3) is 0.375. The van der Waals surface area contributed by atoms with Crippen molar-refractivity contribution in [3.63, 3.8) is 0 Å². The Hall–Kier alpha value is 0.320. The van der Waals surface area contributed by atoms with Crippen molar-refractivity contribution in [1.82, 2.24) is 9.88 Å². The molecule has 0 bridgehead atoms. The summed E-state index contributed by atoms with van der Waals surface area (Å²) in [6, 6.07) is 2.03. The van der Waals surface area contributed by atoms with E-state index in [2.05, 4.69) is 46.6 Å². The van der Waals surface area contributed by atoms with Crippen LogP contribution in [0.5, 0.6) is 0 Å². The van der Waals surface area contributed by atoms with Crippen molar-refractivity contribution >= 4 is 39.6 Å². The molecule has 0 unspecified atom stereocenters. The van der Waals surface area contributed by atoms with E-state index < -0.39 is 0 Å². The Bertz CT molecular complexity index is 240. The highest BCUT2D eigenvalue weighted by Crippen LogP contribution is 2.10. The van der Waals surface area contributed by atoms with Crippen LogP contribution in [0.3, 0.4) is 0 Å². The molecular formula is C8H12BrIN2. The molecule has 2 nitrogen and oxygen atoms in total. The Kier molecular flexibility index (Phi) is 6.04. The third-order valence-electron chi connectivity index (χ3n) is 1.33. The lowest BCUT2D eigenvalue weighted by Crippen LogP contribution is -2.11. The molecule has 0 spiro atoms. The van der Waals surface area contributed by atoms with Crippen LogP contribution in [0, 0.1) is 3.57 Å². The highest BCUT2D eigenvalue weighted by molar-refractivity contribution is 14.1. The molecule has 68 valence electrons. The number of rotatable bonds is 2. The van der Waals surface area contributed by atoms with Crippen LogP contribution in [0.4, 0.5) is 0 Å². The molecule has 0 N–H and O–H groups in total. The molecule has 0 fully saturated rings. The minimum absolute atomic E-state index is 0. The summed E-state index contributed by atoms with van der Waals surface area (Å²) in [5.74, 6) is 0. The molecule has 0 radical (unpaired) electrons. The number of nitrogens with zero attached hydrogens (tertiary/aromatic N) is 2. The molecular weight excluding hydrogens is 331 g/mol. The van der Waals surface area contributed by atoms with Crippen LogP contribution in [0.15, 0.2) is 18.5 Å². The van der Waals surface area contributed by atoms with Gasteiger partial charge in [-0.15, -0.1) is 17.0 Å². The number of hydrogen-bond acceptors (Lipinski definition) is 2. The highest BCUT2D eigenvalue weighted by atomic mass is 127. The summed E-state index contributed by atoms with van der Waals surface area (Å²) < 4.78 is 1.28. The van der Waals surface area contributed by atoms with Crippen LogP contribution in [-0.2, 0) is 6.54 Å². The summed E-state index contributed by atoms with van der Waals surface area (Å²) in [6.45, 7) is 0.964. The average Bonchev–Trinajstić information content (AvgIpc) is 1.93. The molecule has 0 saturated heterocycles. The Morgan fingerprint density at radius 2 is 2.17 bits per heavy atom. The number of pyridine rings is 1. The van der Waals surface area contributed by atoms with E-state index in [0.29, 0.717) is 0 Å². The zero-order chi connectivity index (χ0) is 8.27. The first-order valence-electron chi connectivity index (χ1n) is 3.43. The van der Waals surface area contributed by atoms with Gasteiger partial charge in [0.2, 0.25) is 0 Å². The van der Waals surface area contributed by atoms with Gasteiger partial charge < -0.3 is 4.90 Å². The van der Waals surface area contributed by atoms with E-state index in [1.165, 1.54) is 9.13 Å². The van der Waals surface area contributed by atoms with E-state index >= 15 is 0 Å². The van der Waals surface area contributed by atoms with Crippen molar-refractivity contribution in [3.05, 3.63) is 27.6 Å². The van der Waals surface area contributed by atoms with Crippen molar-refractivity contribution in [3.8, 4) is 0 Å². The second-order valence-corrected chi connectivity index (χ2v) is 3.87. The van der Waals surface area contributed by atoms with Crippen LogP contribution in [0.1, 0.15) is 5.56 Å². The summed E-state index contributed by atoms with van der Waals surface area (Å²) in [5.41, 5.74) is 1.29. The van der Waals surface area contributed by atoms with E-state index in [1.807, 2.05) is 18.5 Å². The van der Waals surface area contributed by atoms with Gasteiger partial charge in [-0.1, -0.05) is 0 Å². The van der Waals surface area contributed by atoms with Crippen molar-refractivity contribution in [2.45, 2.75) is 6.54 Å². The van der Waals surface area contributed by atoms with Crippen molar-refractivity contribution in [1.29, 1.82) is 0 Å². The van der Waals surface area contributed by atoms with Crippen LogP contribution in [0.25, 0.3) is 0 Å². The van der Waals surface area contributed by atoms with E-state index in [-0.39, 0.29) is 17.0 Å². The van der Waals surface area contributed by atoms with Crippen LogP contribution >= 0.6 is 39.6 Å². The molecule has 0 atom stereocenters. The molecule has 12 heavy (non-hydrogen) atoms. The molecule has 1 aromatic rings. The Labute approximate surface area is 97.3 Å². The van der Waals surface area contributed by atoms with Gasteiger partial charge in [0.1, 0.15) is 0 Å². The maximum atomic E-state index is 4.07. The minimum Gasteiger partial charge on any atom is -0.305 e. The lowest BCUT2D eigenvalue weighted by molar-refractivity contribution is 0.401. The summed E-state index contributed by atoms with van der Waals surface area (Å²) in [6.07, 6.45) is 3.74. The number of hydrogen-bond donors (Lipinski definition) is 0. The van der Waals surface area contributed by atoms with Crippen molar-refractivity contribution < 1.29 is 0 Å². The Balaban J connectivity index is 0.00000121. The van der Waals surface area contributed by atoms with E-state index in [9.17, 15) is 0 Å². The standard InChI is InChI=1S/C8H11IN2.BrH/c1-11(2)6-7-5-10-4-3-8(7)9;/h3-5H,6H2,1-2H3;1H. The molecule has 0 aliphatic heterocycles. The third kappa shape index (κ3) is 3.82. The maximum absolute atomic E-state index is 4.07. The van der Waals surface area contributed by atoms with Gasteiger partial charge in [0, 0.05) is 22.5 Å². The average molecular weight is 343 g/mol. The van der Waals surface area contributed by atoms with E-state index in [4.69, 9.17) is 0 Å². The van der Waals surface area contributed by atoms with Gasteiger partial charge >= 0.3 is 0 Å². The van der Waals surface area contributed by atoms with Gasteiger partial charge in [0.25, 0.3) is 0 Å². The van der Waals surface area contributed by atoms with Gasteiger partial charge in [-0.3, -0.25) is 4.98 Å². The normalized spacial score (nSPS) is 9.67. The van der Waals surface area contributed by atoms with Gasteiger partial charge in [0.15, 0.2) is 0 Å². The fourth-order valence-electron chi connectivity index (χ4n) is 0.867. The van der Waals surface area contributed by atoms with Crippen molar-refractivity contribution in [2.24, 2.45) is 0 Å². The second kappa shape index (κ2) is 5.88. The Morgan fingerprint density at radius 1 is 1.50 bits per heavy atom. The van der Waals surface area contributed by atoms with Crippen LogP contribution in [-0.4, -0.2) is 24.0 Å². The zero-order valence-corrected chi connectivity index (χ0v) is 11.0. The predicted molar refractivity (Wildman–Crippen MR) is 64.7 cm³/mol. The van der Waals surface area contributed by atoms with Gasteiger partial charge in [-0.2, -0.15) is 0 Å². The second-order valence-electron chi connectivity index (χ2n) is 2.70. The summed E-state index contributed by atoms with van der Waals surface area (Å²) >= 11 is 2.33. The maximum Gasteiger partial charge on any atom is 0.0323 e. The SMILES string of the molecule is Br.CN(C)Cc1cnccc1I. The predicted octanol–water partition coefficient (Wildman–Crippen LogP) is 2.33. The topological polar surface area (TPSA) is 16.1 Å². The number of halogens is 2. The Morgan fingerprint density at radius 3 is 2.67 bits per heavy atom. The third-order valence-corrected chi connectivity index (χ3v) is 2.38. The lowest BCUT2D eigenvalue weighted by atomic mass is 10.3. The fourth-order valence-corrected chi connectivity index (χ4v) is 1.34. The first kappa shape index (κ1) is 12.3. The van der Waals surface area contributed by atoms with E-state index in [0.717, 1.165) is 6.54 Å². The van der Waals surface area contributed by atoms with Gasteiger partial charge in [-0.05, 0) is 48.3 Å². The molecule has 4 heteroatoms. The molecule has 0 aliphatic carbocycles. The van der Waals surface area contributed by atoms with Crippen molar-refractivity contribution in [2.75, 3.05) is 14.1 Å². The quantitative estimate of drug-likeness (QED) is 0.767. The zero-order valence-electron chi connectivity index (χ0n) is 7.12. The summed E-state index contributed by atoms with van der Waals surface area (Å²) in [7, 11) is 4.12. The molecule has 0 aromatic carbocycles. The summed E-state index contributed by atoms with van der Waals surface area (Å²) in [5, 5.41) is 0. The first-order valence-corrected chi connectivity index (χ1v) is 4.51. The monoisotopic (exact) mass is 342 g/mol. The molecule has 1 aromatic heterocycles. The molecule has 0 aliphatic rings. The largest absolute Gasteiger partial charge is 0.305 e. The van der Waals surface area contributed by atoms with Crippen LogP contribution in [0.2, 0.25) is 0 Å². The molecule has 1 rings (SSSR count). The highest BCUT2D eigenvalue weighted by Gasteiger charge is 1.98. The summed E-state index contributed by atoms with van der Waals surface area (Å²) in [4.78, 5) is 6.21. The molecule has 0 saturated carbocycles. The minimum atomic E-state index is 0.